The summed E-state index contributed by atoms with van der Waals surface area (Å²) in [7, 11) is 0. The van der Waals surface area contributed by atoms with E-state index in [0.717, 1.165) is 77.0 Å². The predicted octanol–water partition coefficient (Wildman–Crippen LogP) is 23.3. The van der Waals surface area contributed by atoms with Gasteiger partial charge in [0.25, 0.3) is 0 Å². The molecule has 0 saturated carbocycles. The molecule has 0 heterocycles. The van der Waals surface area contributed by atoms with Gasteiger partial charge in [-0.3, -0.25) is 14.4 Å². The fraction of sp³-hybridized carbons (Fsp3) is 0.845. The average molecular weight is 1080 g/mol. The summed E-state index contributed by atoms with van der Waals surface area (Å²) in [5, 5.41) is 0. The highest BCUT2D eigenvalue weighted by Gasteiger charge is 2.19. The molecule has 0 N–H and O–H groups in total. The zero-order valence-corrected chi connectivity index (χ0v) is 51.7. The molecule has 450 valence electrons. The summed E-state index contributed by atoms with van der Waals surface area (Å²) in [6.07, 6.45) is 82.6. The molecule has 0 fully saturated rings. The van der Waals surface area contributed by atoms with Gasteiger partial charge in [0.1, 0.15) is 13.2 Å². The lowest BCUT2D eigenvalue weighted by atomic mass is 10.0. The molecule has 1 atom stereocenters. The number of ether oxygens (including phenoxy) is 3. The lowest BCUT2D eigenvalue weighted by molar-refractivity contribution is -0.167. The van der Waals surface area contributed by atoms with Crippen molar-refractivity contribution in [1.29, 1.82) is 0 Å². The van der Waals surface area contributed by atoms with Gasteiger partial charge < -0.3 is 14.2 Å². The van der Waals surface area contributed by atoms with Crippen LogP contribution in [0.1, 0.15) is 367 Å². The van der Waals surface area contributed by atoms with Gasteiger partial charge in [-0.2, -0.15) is 0 Å². The Kier molecular flexibility index (Phi) is 63.6. The lowest BCUT2D eigenvalue weighted by Crippen LogP contribution is -2.30. The first-order valence-corrected chi connectivity index (χ1v) is 34.1. The number of carbonyl (C=O) groups excluding carboxylic acids is 3. The van der Waals surface area contributed by atoms with Crippen molar-refractivity contribution in [3.63, 3.8) is 0 Å². The SMILES string of the molecule is CCCCC/C=C\C/C=C\CCCCCCCCCC(=O)OC(COC(=O)CCCCCCCCCCCCCCC/C=C\C/C=C\CCCCCCC)COC(=O)CCCCCCCCCCCCCCCCCCC. The molecule has 77 heavy (non-hydrogen) atoms. The first kappa shape index (κ1) is 74.4. The van der Waals surface area contributed by atoms with Crippen molar-refractivity contribution in [1.82, 2.24) is 0 Å². The lowest BCUT2D eigenvalue weighted by Gasteiger charge is -2.18. The Morgan fingerprint density at radius 1 is 0.260 bits per heavy atom. The molecule has 0 aliphatic rings. The highest BCUT2D eigenvalue weighted by Crippen LogP contribution is 2.18. The Bertz CT molecular complexity index is 1330. The molecule has 0 aromatic carbocycles. The quantitative estimate of drug-likeness (QED) is 0.0261. The minimum Gasteiger partial charge on any atom is -0.462 e. The first-order chi connectivity index (χ1) is 38.0. The summed E-state index contributed by atoms with van der Waals surface area (Å²) in [6.45, 7) is 6.66. The molecular formula is C71H130O6. The van der Waals surface area contributed by atoms with Gasteiger partial charge in [0.15, 0.2) is 6.10 Å². The summed E-state index contributed by atoms with van der Waals surface area (Å²) in [5.41, 5.74) is 0. The number of carbonyl (C=O) groups is 3. The molecule has 6 nitrogen and oxygen atoms in total. The van der Waals surface area contributed by atoms with Gasteiger partial charge >= 0.3 is 17.9 Å². The Balaban J connectivity index is 4.29. The van der Waals surface area contributed by atoms with E-state index >= 15 is 0 Å². The van der Waals surface area contributed by atoms with Gasteiger partial charge in [0.05, 0.1) is 0 Å². The minimum atomic E-state index is -0.777. The average Bonchev–Trinajstić information content (AvgIpc) is 3.43. The third kappa shape index (κ3) is 64.1. The van der Waals surface area contributed by atoms with Crippen molar-refractivity contribution in [2.45, 2.75) is 374 Å². The molecule has 0 rings (SSSR count). The van der Waals surface area contributed by atoms with E-state index in [1.54, 1.807) is 0 Å². The monoisotopic (exact) mass is 1080 g/mol. The van der Waals surface area contributed by atoms with E-state index in [2.05, 4.69) is 69.4 Å². The van der Waals surface area contributed by atoms with Crippen molar-refractivity contribution in [2.24, 2.45) is 0 Å². The second kappa shape index (κ2) is 65.9. The van der Waals surface area contributed by atoms with Crippen LogP contribution >= 0.6 is 0 Å². The normalized spacial score (nSPS) is 12.3. The van der Waals surface area contributed by atoms with Crippen molar-refractivity contribution in [3.8, 4) is 0 Å². The third-order valence-corrected chi connectivity index (χ3v) is 15.3. The molecule has 0 radical (unpaired) electrons. The van der Waals surface area contributed by atoms with Crippen LogP contribution in [0, 0.1) is 0 Å². The maximum absolute atomic E-state index is 12.9. The van der Waals surface area contributed by atoms with Gasteiger partial charge in [-0.05, 0) is 83.5 Å². The van der Waals surface area contributed by atoms with Gasteiger partial charge in [-0.15, -0.1) is 0 Å². The van der Waals surface area contributed by atoms with Crippen LogP contribution in [0.2, 0.25) is 0 Å². The van der Waals surface area contributed by atoms with E-state index < -0.39 is 6.10 Å². The van der Waals surface area contributed by atoms with E-state index in [-0.39, 0.29) is 31.1 Å². The van der Waals surface area contributed by atoms with Crippen LogP contribution in [0.5, 0.6) is 0 Å². The molecule has 6 heteroatoms. The summed E-state index contributed by atoms with van der Waals surface area (Å²) < 4.78 is 17.0. The molecule has 0 spiro atoms. The number of allylic oxidation sites excluding steroid dienone is 8. The molecule has 0 amide bonds. The summed E-state index contributed by atoms with van der Waals surface area (Å²) in [6, 6.07) is 0. The van der Waals surface area contributed by atoms with Crippen LogP contribution in [-0.4, -0.2) is 37.2 Å². The van der Waals surface area contributed by atoms with Crippen LogP contribution in [0.3, 0.4) is 0 Å². The smallest absolute Gasteiger partial charge is 0.306 e. The Morgan fingerprint density at radius 3 is 0.740 bits per heavy atom. The van der Waals surface area contributed by atoms with Crippen molar-refractivity contribution >= 4 is 17.9 Å². The number of unbranched alkanes of at least 4 members (excludes halogenated alkanes) is 44. The molecule has 0 aromatic heterocycles. The fourth-order valence-electron chi connectivity index (χ4n) is 10.2. The number of esters is 3. The highest BCUT2D eigenvalue weighted by molar-refractivity contribution is 5.71. The van der Waals surface area contributed by atoms with Crippen molar-refractivity contribution in [2.75, 3.05) is 13.2 Å². The standard InChI is InChI=1S/C71H130O6/c1-4-7-10-13-16-19-22-25-28-31-32-33-34-35-36-37-38-41-43-46-49-52-55-58-61-64-70(73)76-67-68(77-71(74)65-62-59-56-53-50-47-44-40-30-27-24-21-18-15-12-9-6-3)66-75-69(72)63-60-57-54-51-48-45-42-39-29-26-23-20-17-14-11-8-5-2/h18,21-22,25,27,30-32,68H,4-17,19-20,23-24,26,28-29,33-67H2,1-3H3/b21-18-,25-22-,30-27-,32-31-. The maximum Gasteiger partial charge on any atom is 0.306 e. The van der Waals surface area contributed by atoms with Gasteiger partial charge in [-0.25, -0.2) is 0 Å². The molecule has 0 aromatic rings. The predicted molar refractivity (Wildman–Crippen MR) is 335 cm³/mol. The second-order valence-corrected chi connectivity index (χ2v) is 23.1. The molecule has 0 saturated heterocycles. The Labute approximate surface area is 479 Å². The van der Waals surface area contributed by atoms with E-state index in [0.29, 0.717) is 19.3 Å². The van der Waals surface area contributed by atoms with Crippen LogP contribution in [0.15, 0.2) is 48.6 Å². The van der Waals surface area contributed by atoms with Crippen molar-refractivity contribution < 1.29 is 28.6 Å². The largest absolute Gasteiger partial charge is 0.462 e. The van der Waals surface area contributed by atoms with E-state index in [4.69, 9.17) is 14.2 Å². The number of hydrogen-bond acceptors (Lipinski definition) is 6. The van der Waals surface area contributed by atoms with E-state index in [1.165, 1.54) is 250 Å². The van der Waals surface area contributed by atoms with Gasteiger partial charge in [0, 0.05) is 19.3 Å². The van der Waals surface area contributed by atoms with Crippen molar-refractivity contribution in [3.05, 3.63) is 48.6 Å². The zero-order valence-electron chi connectivity index (χ0n) is 51.7. The summed E-state index contributed by atoms with van der Waals surface area (Å²) >= 11 is 0. The van der Waals surface area contributed by atoms with Gasteiger partial charge in [-0.1, -0.05) is 313 Å². The number of hydrogen-bond donors (Lipinski definition) is 0. The van der Waals surface area contributed by atoms with Crippen LogP contribution in [0.4, 0.5) is 0 Å². The van der Waals surface area contributed by atoms with E-state index in [1.807, 2.05) is 0 Å². The van der Waals surface area contributed by atoms with Crippen LogP contribution in [0.25, 0.3) is 0 Å². The molecule has 1 unspecified atom stereocenters. The maximum atomic E-state index is 12.9. The molecule has 0 aliphatic carbocycles. The fourth-order valence-corrected chi connectivity index (χ4v) is 10.2. The number of rotatable bonds is 63. The topological polar surface area (TPSA) is 78.9 Å². The Hall–Kier alpha value is -2.63. The second-order valence-electron chi connectivity index (χ2n) is 23.1. The highest BCUT2D eigenvalue weighted by atomic mass is 16.6. The minimum absolute atomic E-state index is 0.0720. The summed E-state index contributed by atoms with van der Waals surface area (Å²) in [4.78, 5) is 38.4. The molecular weight excluding hydrogens is 949 g/mol. The summed E-state index contributed by atoms with van der Waals surface area (Å²) in [5.74, 6) is -0.856. The zero-order chi connectivity index (χ0) is 55.7. The van der Waals surface area contributed by atoms with Gasteiger partial charge in [0.2, 0.25) is 0 Å². The molecule has 0 aliphatic heterocycles. The Morgan fingerprint density at radius 2 is 0.468 bits per heavy atom. The van der Waals surface area contributed by atoms with Crippen LogP contribution < -0.4 is 0 Å². The first-order valence-electron chi connectivity index (χ1n) is 34.1. The van der Waals surface area contributed by atoms with Crippen LogP contribution in [-0.2, 0) is 28.6 Å². The third-order valence-electron chi connectivity index (χ3n) is 15.3. The van der Waals surface area contributed by atoms with E-state index in [9.17, 15) is 14.4 Å². The molecule has 0 bridgehead atoms.